The van der Waals surface area contributed by atoms with E-state index in [9.17, 15) is 10.1 Å². The van der Waals surface area contributed by atoms with Crippen LogP contribution in [0.3, 0.4) is 0 Å². The van der Waals surface area contributed by atoms with Gasteiger partial charge >= 0.3 is 5.69 Å². The molecule has 0 bridgehead atoms. The third-order valence-electron chi connectivity index (χ3n) is 1.59. The van der Waals surface area contributed by atoms with Gasteiger partial charge in [0, 0.05) is 16.6 Å². The van der Waals surface area contributed by atoms with Crippen LogP contribution >= 0.6 is 15.9 Å². The summed E-state index contributed by atoms with van der Waals surface area (Å²) in [6.07, 6.45) is 0. The third kappa shape index (κ3) is 3.36. The van der Waals surface area contributed by atoms with Gasteiger partial charge in [-0.25, -0.2) is 0 Å². The summed E-state index contributed by atoms with van der Waals surface area (Å²) in [5.74, 6) is 0.248. The van der Waals surface area contributed by atoms with Crippen LogP contribution in [-0.4, -0.2) is 11.5 Å². The highest BCUT2D eigenvalue weighted by Gasteiger charge is 2.14. The van der Waals surface area contributed by atoms with Crippen molar-refractivity contribution in [3.63, 3.8) is 0 Å². The molecule has 5 heteroatoms. The molecule has 0 saturated heterocycles. The van der Waals surface area contributed by atoms with Crippen LogP contribution < -0.4 is 4.74 Å². The average Bonchev–Trinajstić information content (AvgIpc) is 2.14. The lowest BCUT2D eigenvalue weighted by atomic mass is 10.3. The van der Waals surface area contributed by atoms with Gasteiger partial charge in [-0.2, -0.15) is 0 Å². The maximum Gasteiger partial charge on any atom is 0.311 e. The minimum atomic E-state index is -0.472. The fourth-order valence-corrected chi connectivity index (χ4v) is 1.30. The van der Waals surface area contributed by atoms with E-state index in [0.29, 0.717) is 0 Å². The lowest BCUT2D eigenvalue weighted by molar-refractivity contribution is -0.385. The molecular formula is C10H10BrNO3. The molecule has 0 saturated carbocycles. The molecule has 1 rings (SSSR count). The Bertz CT molecular complexity index is 404. The van der Waals surface area contributed by atoms with E-state index in [1.54, 1.807) is 19.1 Å². The number of hydrogen-bond donors (Lipinski definition) is 0. The van der Waals surface area contributed by atoms with Crippen molar-refractivity contribution in [2.24, 2.45) is 0 Å². The first-order valence-corrected chi connectivity index (χ1v) is 5.01. The lowest BCUT2D eigenvalue weighted by Gasteiger charge is -2.06. The Balaban J connectivity index is 2.96. The van der Waals surface area contributed by atoms with Crippen LogP contribution in [-0.2, 0) is 0 Å². The molecule has 0 aliphatic rings. The van der Waals surface area contributed by atoms with Crippen molar-refractivity contribution >= 4 is 21.6 Å². The number of rotatable bonds is 4. The smallest absolute Gasteiger partial charge is 0.311 e. The van der Waals surface area contributed by atoms with Crippen LogP contribution in [0.25, 0.3) is 0 Å². The Kier molecular flexibility index (Phi) is 3.85. The average molecular weight is 272 g/mol. The Labute approximate surface area is 95.8 Å². The second-order valence-corrected chi connectivity index (χ2v) is 4.03. The van der Waals surface area contributed by atoms with Crippen molar-refractivity contribution in [2.45, 2.75) is 6.92 Å². The van der Waals surface area contributed by atoms with E-state index in [-0.39, 0.29) is 18.0 Å². The Morgan fingerprint density at radius 2 is 2.33 bits per heavy atom. The maximum absolute atomic E-state index is 10.7. The number of benzene rings is 1. The Morgan fingerprint density at radius 3 is 2.87 bits per heavy atom. The molecule has 0 radical (unpaired) electrons. The lowest BCUT2D eigenvalue weighted by Crippen LogP contribution is -2.00. The molecule has 80 valence electrons. The Hall–Kier alpha value is -1.36. The van der Waals surface area contributed by atoms with Crippen molar-refractivity contribution < 1.29 is 9.66 Å². The number of nitro benzene ring substituents is 1. The molecule has 1 aromatic rings. The molecule has 0 heterocycles. The van der Waals surface area contributed by atoms with Gasteiger partial charge in [0.15, 0.2) is 5.75 Å². The van der Waals surface area contributed by atoms with Crippen LogP contribution in [0.1, 0.15) is 6.92 Å². The van der Waals surface area contributed by atoms with Gasteiger partial charge in [0.2, 0.25) is 0 Å². The molecule has 0 spiro atoms. The van der Waals surface area contributed by atoms with Gasteiger partial charge in [-0.05, 0) is 18.6 Å². The van der Waals surface area contributed by atoms with Crippen molar-refractivity contribution in [2.75, 3.05) is 6.61 Å². The fraction of sp³-hybridized carbons (Fsp3) is 0.200. The number of hydrogen-bond acceptors (Lipinski definition) is 3. The third-order valence-corrected chi connectivity index (χ3v) is 2.09. The molecule has 0 atom stereocenters. The predicted molar refractivity (Wildman–Crippen MR) is 61.1 cm³/mol. The molecule has 0 N–H and O–H groups in total. The second kappa shape index (κ2) is 4.93. The quantitative estimate of drug-likeness (QED) is 0.480. The van der Waals surface area contributed by atoms with Gasteiger partial charge in [0.05, 0.1) is 4.92 Å². The normalized spacial score (nSPS) is 9.73. The van der Waals surface area contributed by atoms with E-state index < -0.39 is 4.92 Å². The zero-order chi connectivity index (χ0) is 11.4. The zero-order valence-corrected chi connectivity index (χ0v) is 9.78. The Morgan fingerprint density at radius 1 is 1.67 bits per heavy atom. The summed E-state index contributed by atoms with van der Waals surface area (Å²) in [5.41, 5.74) is 0.767. The maximum atomic E-state index is 10.7. The molecule has 0 fully saturated rings. The van der Waals surface area contributed by atoms with Crippen molar-refractivity contribution in [1.29, 1.82) is 0 Å². The first kappa shape index (κ1) is 11.7. The topological polar surface area (TPSA) is 52.4 Å². The molecule has 15 heavy (non-hydrogen) atoms. The van der Waals surface area contributed by atoms with E-state index in [4.69, 9.17) is 4.74 Å². The van der Waals surface area contributed by atoms with Crippen LogP contribution in [0.4, 0.5) is 5.69 Å². The van der Waals surface area contributed by atoms with Crippen LogP contribution in [0.15, 0.2) is 34.8 Å². The molecular weight excluding hydrogens is 262 g/mol. The van der Waals surface area contributed by atoms with Crippen LogP contribution in [0, 0.1) is 10.1 Å². The van der Waals surface area contributed by atoms with E-state index in [0.717, 1.165) is 10.0 Å². The first-order valence-electron chi connectivity index (χ1n) is 4.22. The van der Waals surface area contributed by atoms with Crippen molar-refractivity contribution in [3.05, 3.63) is 44.9 Å². The van der Waals surface area contributed by atoms with E-state index in [2.05, 4.69) is 22.5 Å². The molecule has 0 unspecified atom stereocenters. The zero-order valence-electron chi connectivity index (χ0n) is 8.20. The summed E-state index contributed by atoms with van der Waals surface area (Å²) >= 11 is 3.23. The van der Waals surface area contributed by atoms with Crippen LogP contribution in [0.2, 0.25) is 0 Å². The summed E-state index contributed by atoms with van der Waals surface area (Å²) in [5, 5.41) is 10.7. The van der Waals surface area contributed by atoms with E-state index >= 15 is 0 Å². The van der Waals surface area contributed by atoms with Gasteiger partial charge < -0.3 is 4.74 Å². The molecule has 0 aromatic heterocycles. The fourth-order valence-electron chi connectivity index (χ4n) is 0.955. The minimum Gasteiger partial charge on any atom is -0.482 e. The minimum absolute atomic E-state index is 0.0422. The summed E-state index contributed by atoms with van der Waals surface area (Å²) in [7, 11) is 0. The summed E-state index contributed by atoms with van der Waals surface area (Å²) in [6, 6.07) is 4.57. The monoisotopic (exact) mass is 271 g/mol. The highest BCUT2D eigenvalue weighted by Crippen LogP contribution is 2.30. The standard InChI is InChI=1S/C10H10BrNO3/c1-7(2)6-15-10-5-8(11)3-4-9(10)12(13)14/h3-5H,1,6H2,2H3. The summed E-state index contributed by atoms with van der Waals surface area (Å²) in [4.78, 5) is 10.2. The predicted octanol–water partition coefficient (Wildman–Crippen LogP) is 3.31. The van der Waals surface area contributed by atoms with Gasteiger partial charge in [0.1, 0.15) is 6.61 Å². The van der Waals surface area contributed by atoms with Gasteiger partial charge in [-0.3, -0.25) is 10.1 Å². The molecule has 0 amide bonds. The number of nitro groups is 1. The summed E-state index contributed by atoms with van der Waals surface area (Å²) in [6.45, 7) is 5.73. The molecule has 0 aliphatic carbocycles. The van der Waals surface area contributed by atoms with E-state index in [1.165, 1.54) is 6.07 Å². The van der Waals surface area contributed by atoms with Gasteiger partial charge in [-0.15, -0.1) is 0 Å². The molecule has 0 aliphatic heterocycles. The number of ether oxygens (including phenoxy) is 1. The second-order valence-electron chi connectivity index (χ2n) is 3.11. The molecule has 1 aromatic carbocycles. The van der Waals surface area contributed by atoms with Gasteiger partial charge in [0.25, 0.3) is 0 Å². The van der Waals surface area contributed by atoms with Crippen molar-refractivity contribution in [3.8, 4) is 5.75 Å². The first-order chi connectivity index (χ1) is 7.00. The number of halogens is 1. The van der Waals surface area contributed by atoms with E-state index in [1.807, 2.05) is 0 Å². The highest BCUT2D eigenvalue weighted by molar-refractivity contribution is 9.10. The number of nitrogens with zero attached hydrogens (tertiary/aromatic N) is 1. The SMILES string of the molecule is C=C(C)COc1cc(Br)ccc1[N+](=O)[O-]. The molecule has 4 nitrogen and oxygen atoms in total. The van der Waals surface area contributed by atoms with Gasteiger partial charge in [-0.1, -0.05) is 22.5 Å². The largest absolute Gasteiger partial charge is 0.482 e. The summed E-state index contributed by atoms with van der Waals surface area (Å²) < 4.78 is 6.01. The van der Waals surface area contributed by atoms with Crippen LogP contribution in [0.5, 0.6) is 5.75 Å². The highest BCUT2D eigenvalue weighted by atomic mass is 79.9. The van der Waals surface area contributed by atoms with Crippen molar-refractivity contribution in [1.82, 2.24) is 0 Å².